The van der Waals surface area contributed by atoms with Crippen molar-refractivity contribution >= 4 is 5.91 Å². The molecule has 2 aromatic rings. The molecule has 0 spiro atoms. The summed E-state index contributed by atoms with van der Waals surface area (Å²) in [4.78, 5) is 21.1. The second kappa shape index (κ2) is 11.3. The van der Waals surface area contributed by atoms with Gasteiger partial charge in [-0.15, -0.1) is 5.10 Å². The number of amides is 1. The first-order valence-corrected chi connectivity index (χ1v) is 10.9. The molecular formula is C22H34N6O3. The molecule has 9 nitrogen and oxygen atoms in total. The highest BCUT2D eigenvalue weighted by atomic mass is 16.5. The third-order valence-electron chi connectivity index (χ3n) is 5.71. The van der Waals surface area contributed by atoms with Gasteiger partial charge in [0.25, 0.3) is 0 Å². The minimum atomic E-state index is -0.230. The topological polar surface area (TPSA) is 96.6 Å². The summed E-state index contributed by atoms with van der Waals surface area (Å²) < 4.78 is 8.06. The number of carbonyl (C=O) groups excluding carboxylic acids is 1. The number of aromatic nitrogens is 4. The molecule has 0 radical (unpaired) electrons. The lowest BCUT2D eigenvalue weighted by Crippen LogP contribution is -2.47. The molecule has 0 fully saturated rings. The normalized spacial score (nSPS) is 22.0. The van der Waals surface area contributed by atoms with Crippen molar-refractivity contribution in [3.8, 4) is 0 Å². The molecule has 0 aliphatic carbocycles. The van der Waals surface area contributed by atoms with Gasteiger partial charge in [-0.1, -0.05) is 18.2 Å². The number of likely N-dealkylation sites (N-methyl/N-ethyl adjacent to an activating group) is 1. The zero-order valence-electron chi connectivity index (χ0n) is 18.7. The highest BCUT2D eigenvalue weighted by molar-refractivity contribution is 5.76. The van der Waals surface area contributed by atoms with E-state index >= 15 is 0 Å². The molecule has 1 aliphatic rings. The number of fused-ring (bicyclic) bond motifs is 2. The molecule has 3 rings (SSSR count). The number of ether oxygens (including phenoxy) is 1. The molecule has 3 heterocycles. The lowest BCUT2D eigenvalue weighted by molar-refractivity contribution is -0.136. The second-order valence-corrected chi connectivity index (χ2v) is 8.54. The van der Waals surface area contributed by atoms with Crippen molar-refractivity contribution in [2.24, 2.45) is 5.92 Å². The smallest absolute Gasteiger partial charge is 0.222 e. The second-order valence-electron chi connectivity index (χ2n) is 8.54. The van der Waals surface area contributed by atoms with Crippen molar-refractivity contribution in [2.45, 2.75) is 58.5 Å². The van der Waals surface area contributed by atoms with E-state index in [1.54, 1.807) is 15.8 Å². The van der Waals surface area contributed by atoms with Crippen molar-refractivity contribution in [2.75, 3.05) is 26.7 Å². The Morgan fingerprint density at radius 2 is 2.26 bits per heavy atom. The summed E-state index contributed by atoms with van der Waals surface area (Å²) in [6.07, 6.45) is 6.51. The van der Waals surface area contributed by atoms with Gasteiger partial charge in [-0.2, -0.15) is 0 Å². The van der Waals surface area contributed by atoms with E-state index in [0.29, 0.717) is 39.1 Å². The average Bonchev–Trinajstić information content (AvgIpc) is 3.22. The molecule has 2 bridgehead atoms. The number of aliphatic hydroxyl groups excluding tert-OH is 1. The fourth-order valence-electron chi connectivity index (χ4n) is 3.87. The monoisotopic (exact) mass is 430 g/mol. The Morgan fingerprint density at radius 1 is 1.42 bits per heavy atom. The van der Waals surface area contributed by atoms with Crippen LogP contribution >= 0.6 is 0 Å². The van der Waals surface area contributed by atoms with E-state index in [4.69, 9.17) is 4.74 Å². The molecule has 0 saturated heterocycles. The average molecular weight is 431 g/mol. The Balaban J connectivity index is 1.76. The Morgan fingerprint density at radius 3 is 3.00 bits per heavy atom. The van der Waals surface area contributed by atoms with E-state index in [1.807, 2.05) is 25.4 Å². The van der Waals surface area contributed by atoms with Crippen LogP contribution in [-0.2, 0) is 29.2 Å². The number of hydrogen-bond acceptors (Lipinski definition) is 7. The summed E-state index contributed by atoms with van der Waals surface area (Å²) in [5, 5.41) is 18.1. The molecule has 0 aromatic carbocycles. The predicted octanol–water partition coefficient (Wildman–Crippen LogP) is 1.33. The molecule has 9 heteroatoms. The van der Waals surface area contributed by atoms with Gasteiger partial charge in [0.15, 0.2) is 0 Å². The van der Waals surface area contributed by atoms with Gasteiger partial charge >= 0.3 is 0 Å². The standard InChI is InChI=1S/C22H34N6O3/c1-17-11-28(18(2)15-29)22(30)7-5-9-27-13-20(24-25-27)16-31-21(17)14-26(3)12-19-6-4-8-23-10-19/h4,6,8,10,13,17-18,21,29H,5,7,9,11-12,14-16H2,1-3H3/t17-,18+,21+/m0/s1. The lowest BCUT2D eigenvalue weighted by Gasteiger charge is -2.35. The first-order valence-electron chi connectivity index (χ1n) is 10.9. The molecular weight excluding hydrogens is 396 g/mol. The van der Waals surface area contributed by atoms with Crippen LogP contribution in [0.1, 0.15) is 37.9 Å². The minimum Gasteiger partial charge on any atom is -0.394 e. The van der Waals surface area contributed by atoms with E-state index in [0.717, 1.165) is 17.8 Å². The van der Waals surface area contributed by atoms with Gasteiger partial charge in [0.2, 0.25) is 5.91 Å². The van der Waals surface area contributed by atoms with Crippen molar-refractivity contribution in [1.82, 2.24) is 29.8 Å². The van der Waals surface area contributed by atoms with E-state index in [9.17, 15) is 9.90 Å². The Labute approximate surface area is 184 Å². The van der Waals surface area contributed by atoms with Gasteiger partial charge in [0.1, 0.15) is 5.69 Å². The third-order valence-corrected chi connectivity index (χ3v) is 5.71. The summed E-state index contributed by atoms with van der Waals surface area (Å²) in [5.41, 5.74) is 1.93. The van der Waals surface area contributed by atoms with Gasteiger partial charge < -0.3 is 14.7 Å². The Hall–Kier alpha value is -2.36. The van der Waals surface area contributed by atoms with Crippen LogP contribution in [0.2, 0.25) is 0 Å². The number of rotatable bonds is 6. The van der Waals surface area contributed by atoms with E-state index in [2.05, 4.69) is 40.2 Å². The molecule has 1 N–H and O–H groups in total. The maximum Gasteiger partial charge on any atom is 0.222 e. The number of nitrogens with zero attached hydrogens (tertiary/aromatic N) is 6. The van der Waals surface area contributed by atoms with E-state index < -0.39 is 0 Å². The number of pyridine rings is 1. The van der Waals surface area contributed by atoms with Crippen LogP contribution in [0.4, 0.5) is 0 Å². The largest absolute Gasteiger partial charge is 0.394 e. The Bertz CT molecular complexity index is 815. The van der Waals surface area contributed by atoms with Crippen molar-refractivity contribution in [3.63, 3.8) is 0 Å². The van der Waals surface area contributed by atoms with Crippen molar-refractivity contribution in [1.29, 1.82) is 0 Å². The zero-order valence-corrected chi connectivity index (χ0v) is 18.7. The molecule has 31 heavy (non-hydrogen) atoms. The van der Waals surface area contributed by atoms with Crippen LogP contribution in [-0.4, -0.2) is 79.7 Å². The third kappa shape index (κ3) is 6.81. The van der Waals surface area contributed by atoms with Crippen LogP contribution < -0.4 is 0 Å². The maximum absolute atomic E-state index is 12.9. The molecule has 170 valence electrons. The summed E-state index contributed by atoms with van der Waals surface area (Å²) in [7, 11) is 2.06. The van der Waals surface area contributed by atoms with Gasteiger partial charge in [0.05, 0.1) is 31.6 Å². The molecule has 1 aliphatic heterocycles. The first-order chi connectivity index (χ1) is 15.0. The van der Waals surface area contributed by atoms with Gasteiger partial charge in [0, 0.05) is 50.9 Å². The quantitative estimate of drug-likeness (QED) is 0.738. The van der Waals surface area contributed by atoms with Crippen LogP contribution in [0.3, 0.4) is 0 Å². The van der Waals surface area contributed by atoms with Crippen LogP contribution in [0.25, 0.3) is 0 Å². The van der Waals surface area contributed by atoms with Gasteiger partial charge in [-0.3, -0.25) is 19.4 Å². The van der Waals surface area contributed by atoms with Crippen LogP contribution in [0.15, 0.2) is 30.7 Å². The van der Waals surface area contributed by atoms with Crippen molar-refractivity contribution < 1.29 is 14.6 Å². The predicted molar refractivity (Wildman–Crippen MR) is 116 cm³/mol. The van der Waals surface area contributed by atoms with Gasteiger partial charge in [-0.05, 0) is 32.0 Å². The fourth-order valence-corrected chi connectivity index (χ4v) is 3.87. The van der Waals surface area contributed by atoms with Crippen LogP contribution in [0, 0.1) is 5.92 Å². The molecule has 1 amide bonds. The highest BCUT2D eigenvalue weighted by Gasteiger charge is 2.28. The van der Waals surface area contributed by atoms with Gasteiger partial charge in [-0.25, -0.2) is 0 Å². The van der Waals surface area contributed by atoms with E-state index in [1.165, 1.54) is 0 Å². The maximum atomic E-state index is 12.9. The lowest BCUT2D eigenvalue weighted by atomic mass is 10.0. The number of aryl methyl sites for hydroxylation is 1. The Kier molecular flexibility index (Phi) is 8.51. The summed E-state index contributed by atoms with van der Waals surface area (Å²) in [6, 6.07) is 3.76. The summed E-state index contributed by atoms with van der Waals surface area (Å²) >= 11 is 0. The first kappa shape index (κ1) is 23.3. The van der Waals surface area contributed by atoms with Crippen LogP contribution in [0.5, 0.6) is 0 Å². The SMILES string of the molecule is C[C@H](CO)N1C[C@H](C)[C@@H](CN(C)Cc2cccnc2)OCc2cn(nn2)CCCC1=O. The number of carbonyl (C=O) groups is 1. The highest BCUT2D eigenvalue weighted by Crippen LogP contribution is 2.18. The molecule has 2 aromatic heterocycles. The summed E-state index contributed by atoms with van der Waals surface area (Å²) in [5.74, 6) is 0.126. The summed E-state index contributed by atoms with van der Waals surface area (Å²) in [6.45, 7) is 6.92. The van der Waals surface area contributed by atoms with Crippen molar-refractivity contribution in [3.05, 3.63) is 42.0 Å². The number of hydrogen-bond donors (Lipinski definition) is 1. The number of aliphatic hydroxyl groups is 1. The molecule has 0 unspecified atom stereocenters. The zero-order chi connectivity index (χ0) is 22.2. The molecule has 3 atom stereocenters. The molecule has 0 saturated carbocycles. The van der Waals surface area contributed by atoms with E-state index in [-0.39, 0.29) is 30.6 Å². The fraction of sp³-hybridized carbons (Fsp3) is 0.636. The minimum absolute atomic E-state index is 0.0513.